The lowest BCUT2D eigenvalue weighted by molar-refractivity contribution is 0.464. The third kappa shape index (κ3) is 1.56. The Balaban J connectivity index is 3.33. The van der Waals surface area contributed by atoms with Crippen LogP contribution in [0.15, 0.2) is 12.1 Å². The van der Waals surface area contributed by atoms with Crippen molar-refractivity contribution in [2.24, 2.45) is 0 Å². The number of rotatable bonds is 1. The van der Waals surface area contributed by atoms with E-state index in [4.69, 9.17) is 11.6 Å². The topological polar surface area (TPSA) is 20.2 Å². The van der Waals surface area contributed by atoms with Crippen molar-refractivity contribution in [3.63, 3.8) is 0 Å². The minimum Gasteiger partial charge on any atom is -0.508 e. The summed E-state index contributed by atoms with van der Waals surface area (Å²) in [6.45, 7) is 6.01. The summed E-state index contributed by atoms with van der Waals surface area (Å²) in [5.41, 5.74) is 1.93. The molecule has 0 heterocycles. The Labute approximate surface area is 78.0 Å². The van der Waals surface area contributed by atoms with Gasteiger partial charge in [0, 0.05) is 10.6 Å². The minimum absolute atomic E-state index is 0.309. The van der Waals surface area contributed by atoms with Gasteiger partial charge in [0.25, 0.3) is 0 Å². The maximum Gasteiger partial charge on any atom is 0.119 e. The molecule has 1 aromatic carbocycles. The van der Waals surface area contributed by atoms with Gasteiger partial charge < -0.3 is 5.11 Å². The van der Waals surface area contributed by atoms with Crippen molar-refractivity contribution in [2.45, 2.75) is 26.7 Å². The van der Waals surface area contributed by atoms with Crippen molar-refractivity contribution in [1.29, 1.82) is 0 Å². The molecule has 0 fully saturated rings. The molecule has 0 unspecified atom stereocenters. The zero-order chi connectivity index (χ0) is 9.30. The molecule has 0 amide bonds. The molecule has 0 radical (unpaired) electrons. The van der Waals surface area contributed by atoms with Crippen molar-refractivity contribution in [3.8, 4) is 5.75 Å². The number of hydrogen-bond acceptors (Lipinski definition) is 1. The Morgan fingerprint density at radius 3 is 2.33 bits per heavy atom. The molecule has 1 rings (SSSR count). The van der Waals surface area contributed by atoms with E-state index < -0.39 is 0 Å². The van der Waals surface area contributed by atoms with Crippen LogP contribution in [0.5, 0.6) is 5.75 Å². The van der Waals surface area contributed by atoms with Crippen molar-refractivity contribution < 1.29 is 5.11 Å². The minimum atomic E-state index is 0.309. The van der Waals surface area contributed by atoms with Gasteiger partial charge >= 0.3 is 0 Å². The van der Waals surface area contributed by atoms with Gasteiger partial charge in [-0.25, -0.2) is 0 Å². The average molecular weight is 185 g/mol. The van der Waals surface area contributed by atoms with Gasteiger partial charge in [-0.3, -0.25) is 0 Å². The molecule has 0 spiro atoms. The summed E-state index contributed by atoms with van der Waals surface area (Å²) in [7, 11) is 0. The highest BCUT2D eigenvalue weighted by atomic mass is 35.5. The summed E-state index contributed by atoms with van der Waals surface area (Å²) in [5, 5.41) is 10.2. The number of phenolic OH excluding ortho intramolecular Hbond substituents is 1. The summed E-state index contributed by atoms with van der Waals surface area (Å²) in [5.74, 6) is 0.649. The normalized spacial score (nSPS) is 10.8. The number of phenols is 1. The Morgan fingerprint density at radius 2 is 1.92 bits per heavy atom. The molecule has 0 aliphatic carbocycles. The fourth-order valence-electron chi connectivity index (χ4n) is 1.42. The van der Waals surface area contributed by atoms with E-state index in [1.165, 1.54) is 0 Å². The van der Waals surface area contributed by atoms with E-state index in [2.05, 4.69) is 0 Å². The molecule has 0 atom stereocenters. The van der Waals surface area contributed by atoms with E-state index in [0.717, 1.165) is 16.1 Å². The molecule has 0 bridgehead atoms. The number of aromatic hydroxyl groups is 1. The molecular weight excluding hydrogens is 172 g/mol. The lowest BCUT2D eigenvalue weighted by Crippen LogP contribution is -1.93. The molecule has 0 aliphatic heterocycles. The number of benzene rings is 1. The molecule has 0 aromatic heterocycles. The summed E-state index contributed by atoms with van der Waals surface area (Å²) in [6.07, 6.45) is 0. The monoisotopic (exact) mass is 184 g/mol. The van der Waals surface area contributed by atoms with Crippen LogP contribution in [-0.2, 0) is 0 Å². The number of halogens is 1. The van der Waals surface area contributed by atoms with E-state index in [0.29, 0.717) is 11.7 Å². The van der Waals surface area contributed by atoms with Crippen LogP contribution in [0.4, 0.5) is 0 Å². The van der Waals surface area contributed by atoms with E-state index in [1.807, 2.05) is 20.8 Å². The molecule has 1 N–H and O–H groups in total. The second-order valence-corrected chi connectivity index (χ2v) is 3.67. The lowest BCUT2D eigenvalue weighted by atomic mass is 9.97. The van der Waals surface area contributed by atoms with Gasteiger partial charge in [-0.2, -0.15) is 0 Å². The van der Waals surface area contributed by atoms with Gasteiger partial charge in [0.05, 0.1) is 0 Å². The van der Waals surface area contributed by atoms with Crippen LogP contribution < -0.4 is 0 Å². The molecule has 12 heavy (non-hydrogen) atoms. The highest BCUT2D eigenvalue weighted by Gasteiger charge is 2.10. The van der Waals surface area contributed by atoms with Crippen LogP contribution in [0, 0.1) is 6.92 Å². The van der Waals surface area contributed by atoms with Gasteiger partial charge in [-0.15, -0.1) is 0 Å². The Bertz CT molecular complexity index is 292. The SMILES string of the molecule is Cc1c(Cl)ccc(O)c1C(C)C. The maximum absolute atomic E-state index is 9.53. The van der Waals surface area contributed by atoms with E-state index in [1.54, 1.807) is 12.1 Å². The van der Waals surface area contributed by atoms with E-state index in [9.17, 15) is 5.11 Å². The number of hydrogen-bond donors (Lipinski definition) is 1. The smallest absolute Gasteiger partial charge is 0.119 e. The zero-order valence-electron chi connectivity index (χ0n) is 7.56. The summed E-state index contributed by atoms with van der Waals surface area (Å²) >= 11 is 5.92. The molecule has 0 aliphatic rings. The predicted octanol–water partition coefficient (Wildman–Crippen LogP) is 3.48. The molecule has 0 saturated carbocycles. The second-order valence-electron chi connectivity index (χ2n) is 3.26. The van der Waals surface area contributed by atoms with Gasteiger partial charge in [0.2, 0.25) is 0 Å². The summed E-state index contributed by atoms with van der Waals surface area (Å²) < 4.78 is 0. The quantitative estimate of drug-likeness (QED) is 0.709. The first-order chi connectivity index (χ1) is 5.54. The molecule has 0 saturated heterocycles. The van der Waals surface area contributed by atoms with Crippen molar-refractivity contribution in [3.05, 3.63) is 28.3 Å². The zero-order valence-corrected chi connectivity index (χ0v) is 8.31. The molecule has 1 nitrogen and oxygen atoms in total. The maximum atomic E-state index is 9.53. The standard InChI is InChI=1S/C10H13ClO/c1-6(2)10-7(3)8(11)4-5-9(10)12/h4-6,12H,1-3H3. The predicted molar refractivity (Wildman–Crippen MR) is 51.9 cm³/mol. The fraction of sp³-hybridized carbons (Fsp3) is 0.400. The fourth-order valence-corrected chi connectivity index (χ4v) is 1.58. The van der Waals surface area contributed by atoms with Gasteiger partial charge in [-0.1, -0.05) is 25.4 Å². The van der Waals surface area contributed by atoms with Crippen molar-refractivity contribution in [1.82, 2.24) is 0 Å². The Morgan fingerprint density at radius 1 is 1.33 bits per heavy atom. The highest BCUT2D eigenvalue weighted by molar-refractivity contribution is 6.31. The highest BCUT2D eigenvalue weighted by Crippen LogP contribution is 2.32. The molecule has 66 valence electrons. The first kappa shape index (κ1) is 9.40. The molecule has 2 heteroatoms. The van der Waals surface area contributed by atoms with Crippen molar-refractivity contribution >= 4 is 11.6 Å². The van der Waals surface area contributed by atoms with Crippen molar-refractivity contribution in [2.75, 3.05) is 0 Å². The van der Waals surface area contributed by atoms with Crippen LogP contribution in [0.25, 0.3) is 0 Å². The van der Waals surface area contributed by atoms with Crippen LogP contribution in [0.1, 0.15) is 30.9 Å². The Hall–Kier alpha value is -0.690. The average Bonchev–Trinajstić information content (AvgIpc) is 1.97. The molecule has 1 aromatic rings. The Kier molecular flexibility index (Phi) is 2.63. The van der Waals surface area contributed by atoms with Gasteiger partial charge in [0.15, 0.2) is 0 Å². The first-order valence-electron chi connectivity index (χ1n) is 4.02. The molecular formula is C10H13ClO. The third-order valence-electron chi connectivity index (χ3n) is 2.00. The first-order valence-corrected chi connectivity index (χ1v) is 4.39. The van der Waals surface area contributed by atoms with Crippen LogP contribution in [0.2, 0.25) is 5.02 Å². The third-order valence-corrected chi connectivity index (χ3v) is 2.41. The lowest BCUT2D eigenvalue weighted by Gasteiger charge is -2.12. The van der Waals surface area contributed by atoms with E-state index in [-0.39, 0.29) is 0 Å². The van der Waals surface area contributed by atoms with Crippen LogP contribution in [0.3, 0.4) is 0 Å². The second kappa shape index (κ2) is 3.36. The largest absolute Gasteiger partial charge is 0.508 e. The van der Waals surface area contributed by atoms with Crippen LogP contribution in [-0.4, -0.2) is 5.11 Å². The summed E-state index contributed by atoms with van der Waals surface area (Å²) in [4.78, 5) is 0. The van der Waals surface area contributed by atoms with E-state index >= 15 is 0 Å². The van der Waals surface area contributed by atoms with Gasteiger partial charge in [-0.05, 0) is 30.5 Å². The summed E-state index contributed by atoms with van der Waals surface area (Å²) in [6, 6.07) is 3.36. The van der Waals surface area contributed by atoms with Gasteiger partial charge in [0.1, 0.15) is 5.75 Å². The van der Waals surface area contributed by atoms with Crippen LogP contribution >= 0.6 is 11.6 Å².